The SMILES string of the molecule is CC(C)CC(N)C(=O)NC(CCC(=O)O)C(=O)NC(CC(=O)O)C(=O)NC(CCCCN)C(=O)O. The zero-order chi connectivity index (χ0) is 27.1. The van der Waals surface area contributed by atoms with Gasteiger partial charge in [0.2, 0.25) is 17.7 Å². The van der Waals surface area contributed by atoms with Gasteiger partial charge in [0.25, 0.3) is 0 Å². The number of hydrogen-bond donors (Lipinski definition) is 8. The lowest BCUT2D eigenvalue weighted by atomic mass is 10.0. The van der Waals surface area contributed by atoms with E-state index < -0.39 is 72.6 Å². The molecule has 35 heavy (non-hydrogen) atoms. The van der Waals surface area contributed by atoms with E-state index in [4.69, 9.17) is 21.7 Å². The zero-order valence-corrected chi connectivity index (χ0v) is 20.0. The first-order valence-electron chi connectivity index (χ1n) is 11.3. The van der Waals surface area contributed by atoms with Crippen molar-refractivity contribution in [1.82, 2.24) is 16.0 Å². The molecule has 0 aromatic carbocycles. The Labute approximate surface area is 203 Å². The predicted molar refractivity (Wildman–Crippen MR) is 123 cm³/mol. The molecule has 14 nitrogen and oxygen atoms in total. The molecule has 0 fully saturated rings. The summed E-state index contributed by atoms with van der Waals surface area (Å²) in [7, 11) is 0. The zero-order valence-electron chi connectivity index (χ0n) is 20.0. The first-order valence-corrected chi connectivity index (χ1v) is 11.3. The number of nitrogens with one attached hydrogen (secondary N) is 3. The van der Waals surface area contributed by atoms with Gasteiger partial charge in [-0.15, -0.1) is 0 Å². The van der Waals surface area contributed by atoms with E-state index in [1.165, 1.54) is 0 Å². The second-order valence-electron chi connectivity index (χ2n) is 8.57. The van der Waals surface area contributed by atoms with E-state index >= 15 is 0 Å². The number of carbonyl (C=O) groups is 6. The van der Waals surface area contributed by atoms with Crippen LogP contribution in [0.15, 0.2) is 0 Å². The molecule has 10 N–H and O–H groups in total. The summed E-state index contributed by atoms with van der Waals surface area (Å²) in [5.74, 6) is -6.75. The highest BCUT2D eigenvalue weighted by atomic mass is 16.4. The fourth-order valence-electron chi connectivity index (χ4n) is 3.11. The number of rotatable bonds is 18. The van der Waals surface area contributed by atoms with Crippen LogP contribution in [0.3, 0.4) is 0 Å². The number of carboxylic acids is 3. The molecule has 0 aliphatic carbocycles. The van der Waals surface area contributed by atoms with Crippen molar-refractivity contribution in [1.29, 1.82) is 0 Å². The molecule has 0 bridgehead atoms. The van der Waals surface area contributed by atoms with Gasteiger partial charge < -0.3 is 42.7 Å². The van der Waals surface area contributed by atoms with Crippen LogP contribution in [-0.2, 0) is 28.8 Å². The van der Waals surface area contributed by atoms with E-state index in [1.54, 1.807) is 0 Å². The van der Waals surface area contributed by atoms with Gasteiger partial charge in [-0.25, -0.2) is 4.79 Å². The van der Waals surface area contributed by atoms with Gasteiger partial charge in [0.15, 0.2) is 0 Å². The first-order chi connectivity index (χ1) is 16.3. The molecular weight excluding hydrogens is 466 g/mol. The quantitative estimate of drug-likeness (QED) is 0.0985. The number of unbranched alkanes of at least 4 members (excludes halogenated alkanes) is 1. The molecule has 0 rings (SSSR count). The molecule has 0 radical (unpaired) electrons. The fraction of sp³-hybridized carbons (Fsp3) is 0.714. The highest BCUT2D eigenvalue weighted by Gasteiger charge is 2.31. The van der Waals surface area contributed by atoms with Gasteiger partial charge in [0, 0.05) is 6.42 Å². The van der Waals surface area contributed by atoms with Crippen molar-refractivity contribution in [2.24, 2.45) is 17.4 Å². The van der Waals surface area contributed by atoms with E-state index in [0.717, 1.165) is 0 Å². The third kappa shape index (κ3) is 13.9. The number of carboxylic acid groups (broad SMARTS) is 3. The largest absolute Gasteiger partial charge is 0.481 e. The number of hydrogen-bond acceptors (Lipinski definition) is 8. The van der Waals surface area contributed by atoms with Crippen molar-refractivity contribution < 1.29 is 44.1 Å². The van der Waals surface area contributed by atoms with Crippen LogP contribution in [0.1, 0.15) is 58.8 Å². The van der Waals surface area contributed by atoms with E-state index in [9.17, 15) is 33.9 Å². The summed E-state index contributed by atoms with van der Waals surface area (Å²) >= 11 is 0. The van der Waals surface area contributed by atoms with E-state index in [-0.39, 0.29) is 18.8 Å². The molecule has 0 aromatic rings. The normalized spacial score (nSPS) is 14.3. The van der Waals surface area contributed by atoms with Crippen LogP contribution in [0.4, 0.5) is 0 Å². The molecule has 4 atom stereocenters. The molecule has 200 valence electrons. The first kappa shape index (κ1) is 31.7. The average Bonchev–Trinajstić information content (AvgIpc) is 2.73. The molecule has 0 aliphatic heterocycles. The van der Waals surface area contributed by atoms with E-state index in [2.05, 4.69) is 16.0 Å². The van der Waals surface area contributed by atoms with Crippen LogP contribution >= 0.6 is 0 Å². The standard InChI is InChI=1S/C21H37N5O9/c1-11(2)9-12(23)18(31)24-13(6-7-16(27)28)19(32)26-15(10-17(29)30)20(33)25-14(21(34)35)5-3-4-8-22/h11-15H,3-10,22-23H2,1-2H3,(H,24,31)(H,25,33)(H,26,32)(H,27,28)(H,29,30)(H,34,35). The Kier molecular flexibility index (Phi) is 14.9. The van der Waals surface area contributed by atoms with Crippen LogP contribution in [-0.4, -0.2) is 81.7 Å². The minimum atomic E-state index is -1.68. The number of aliphatic carboxylic acids is 3. The lowest BCUT2D eigenvalue weighted by Crippen LogP contribution is -2.57. The topological polar surface area (TPSA) is 251 Å². The van der Waals surface area contributed by atoms with Crippen LogP contribution in [0.2, 0.25) is 0 Å². The van der Waals surface area contributed by atoms with Gasteiger partial charge in [-0.05, 0) is 44.6 Å². The molecule has 3 amide bonds. The van der Waals surface area contributed by atoms with Crippen LogP contribution < -0.4 is 27.4 Å². The van der Waals surface area contributed by atoms with E-state index in [0.29, 0.717) is 25.8 Å². The molecule has 14 heteroatoms. The Morgan fingerprint density at radius 1 is 0.743 bits per heavy atom. The molecule has 0 spiro atoms. The van der Waals surface area contributed by atoms with Gasteiger partial charge in [0.05, 0.1) is 12.5 Å². The third-order valence-electron chi connectivity index (χ3n) is 4.92. The summed E-state index contributed by atoms with van der Waals surface area (Å²) in [4.78, 5) is 71.5. The Bertz CT molecular complexity index is 759. The second kappa shape index (κ2) is 16.4. The lowest BCUT2D eigenvalue weighted by molar-refractivity contribution is -0.143. The second-order valence-corrected chi connectivity index (χ2v) is 8.57. The van der Waals surface area contributed by atoms with Crippen LogP contribution in [0.5, 0.6) is 0 Å². The molecule has 0 saturated carbocycles. The Morgan fingerprint density at radius 3 is 1.77 bits per heavy atom. The average molecular weight is 504 g/mol. The summed E-state index contributed by atoms with van der Waals surface area (Å²) in [6, 6.07) is -5.40. The summed E-state index contributed by atoms with van der Waals surface area (Å²) in [6.45, 7) is 3.98. The molecule has 4 unspecified atom stereocenters. The number of amides is 3. The highest BCUT2D eigenvalue weighted by Crippen LogP contribution is 2.07. The Balaban J connectivity index is 5.53. The predicted octanol–water partition coefficient (Wildman–Crippen LogP) is -1.63. The van der Waals surface area contributed by atoms with Gasteiger partial charge >= 0.3 is 17.9 Å². The molecular formula is C21H37N5O9. The maximum absolute atomic E-state index is 12.8. The van der Waals surface area contributed by atoms with E-state index in [1.807, 2.05) is 13.8 Å². The minimum Gasteiger partial charge on any atom is -0.481 e. The Hall–Kier alpha value is -3.26. The minimum absolute atomic E-state index is 0.0387. The van der Waals surface area contributed by atoms with Gasteiger partial charge in [-0.2, -0.15) is 0 Å². The summed E-state index contributed by atoms with van der Waals surface area (Å²) in [5.41, 5.74) is 11.2. The van der Waals surface area contributed by atoms with Crippen molar-refractivity contribution in [2.45, 2.75) is 83.0 Å². The molecule has 0 saturated heterocycles. The Morgan fingerprint density at radius 2 is 1.29 bits per heavy atom. The molecule has 0 aliphatic rings. The monoisotopic (exact) mass is 503 g/mol. The highest BCUT2D eigenvalue weighted by molar-refractivity contribution is 5.95. The van der Waals surface area contributed by atoms with Crippen LogP contribution in [0.25, 0.3) is 0 Å². The van der Waals surface area contributed by atoms with Crippen molar-refractivity contribution in [3.63, 3.8) is 0 Å². The maximum atomic E-state index is 12.8. The van der Waals surface area contributed by atoms with Crippen molar-refractivity contribution >= 4 is 35.6 Å². The number of carbonyl (C=O) groups excluding carboxylic acids is 3. The summed E-state index contributed by atoms with van der Waals surface area (Å²) in [5, 5.41) is 34.2. The van der Waals surface area contributed by atoms with Crippen LogP contribution in [0, 0.1) is 5.92 Å². The van der Waals surface area contributed by atoms with Gasteiger partial charge in [-0.3, -0.25) is 24.0 Å². The fourth-order valence-corrected chi connectivity index (χ4v) is 3.11. The smallest absolute Gasteiger partial charge is 0.326 e. The van der Waals surface area contributed by atoms with Crippen molar-refractivity contribution in [3.8, 4) is 0 Å². The summed E-state index contributed by atoms with van der Waals surface area (Å²) < 4.78 is 0. The van der Waals surface area contributed by atoms with Crippen molar-refractivity contribution in [2.75, 3.05) is 6.54 Å². The van der Waals surface area contributed by atoms with Crippen molar-refractivity contribution in [3.05, 3.63) is 0 Å². The lowest BCUT2D eigenvalue weighted by Gasteiger charge is -2.24. The summed E-state index contributed by atoms with van der Waals surface area (Å²) in [6.07, 6.45) is -0.488. The van der Waals surface area contributed by atoms with Gasteiger partial charge in [-0.1, -0.05) is 13.8 Å². The molecule has 0 aromatic heterocycles. The van der Waals surface area contributed by atoms with Gasteiger partial charge in [0.1, 0.15) is 18.1 Å². The third-order valence-corrected chi connectivity index (χ3v) is 4.92. The maximum Gasteiger partial charge on any atom is 0.326 e. The molecule has 0 heterocycles. The number of nitrogens with two attached hydrogens (primary N) is 2.